The van der Waals surface area contributed by atoms with Crippen molar-refractivity contribution in [1.29, 1.82) is 0 Å². The minimum absolute atomic E-state index is 0.0292. The summed E-state index contributed by atoms with van der Waals surface area (Å²) < 4.78 is 38.5. The number of thioether (sulfide) groups is 1. The van der Waals surface area contributed by atoms with Gasteiger partial charge in [0.05, 0.1) is 5.52 Å². The first kappa shape index (κ1) is 24.4. The van der Waals surface area contributed by atoms with Crippen molar-refractivity contribution in [3.63, 3.8) is 0 Å². The first-order valence-corrected chi connectivity index (χ1v) is 12.0. The molecule has 4 rings (SSSR count). The number of hydrogen-bond acceptors (Lipinski definition) is 4. The lowest BCUT2D eigenvalue weighted by Crippen LogP contribution is -2.51. The number of likely N-dealkylation sites (tertiary alicyclic amines) is 1. The zero-order valence-corrected chi connectivity index (χ0v) is 19.8. The summed E-state index contributed by atoms with van der Waals surface area (Å²) in [6.45, 7) is 3.57. The van der Waals surface area contributed by atoms with Crippen LogP contribution in [0.25, 0.3) is 10.9 Å². The quantitative estimate of drug-likeness (QED) is 0.466. The molecule has 1 aliphatic rings. The highest BCUT2D eigenvalue weighted by atomic mass is 35.5. The van der Waals surface area contributed by atoms with Crippen LogP contribution in [0.5, 0.6) is 0 Å². The van der Waals surface area contributed by atoms with Crippen LogP contribution in [0.3, 0.4) is 0 Å². The van der Waals surface area contributed by atoms with Crippen LogP contribution in [0.2, 0.25) is 5.02 Å². The number of alkyl halides is 3. The summed E-state index contributed by atoms with van der Waals surface area (Å²) in [6, 6.07) is 10.3. The number of benzene rings is 2. The van der Waals surface area contributed by atoms with Crippen molar-refractivity contribution in [2.75, 3.05) is 25.4 Å². The molecular formula is C23H22ClF3N4O2S. The molecule has 11 heteroatoms. The summed E-state index contributed by atoms with van der Waals surface area (Å²) in [4.78, 5) is 26.7. The van der Waals surface area contributed by atoms with Gasteiger partial charge < -0.3 is 10.2 Å². The number of nitrogens with one attached hydrogen (secondary N) is 1. The number of carbonyl (C=O) groups excluding carboxylic acids is 2. The predicted octanol–water partition coefficient (Wildman–Crippen LogP) is 4.75. The van der Waals surface area contributed by atoms with E-state index in [1.165, 1.54) is 0 Å². The van der Waals surface area contributed by atoms with Crippen molar-refractivity contribution in [3.8, 4) is 0 Å². The normalized spacial score (nSPS) is 14.3. The molecule has 180 valence electrons. The molecule has 0 radical (unpaired) electrons. The zero-order chi connectivity index (χ0) is 24.5. The number of carbonyl (C=O) groups is 2. The molecule has 2 heterocycles. The third-order valence-corrected chi connectivity index (χ3v) is 6.56. The molecule has 0 unspecified atom stereocenters. The van der Waals surface area contributed by atoms with E-state index in [9.17, 15) is 22.8 Å². The van der Waals surface area contributed by atoms with E-state index in [2.05, 4.69) is 10.4 Å². The molecule has 2 aromatic carbocycles. The second-order valence-corrected chi connectivity index (χ2v) is 9.81. The maximum Gasteiger partial charge on any atom is 0.441 e. The number of halogens is 4. The van der Waals surface area contributed by atoms with E-state index < -0.39 is 11.4 Å². The van der Waals surface area contributed by atoms with Gasteiger partial charge in [0.25, 0.3) is 11.8 Å². The lowest BCUT2D eigenvalue weighted by atomic mass is 9.99. The summed E-state index contributed by atoms with van der Waals surface area (Å²) in [6.07, 6.45) is 1.84. The van der Waals surface area contributed by atoms with Gasteiger partial charge in [-0.1, -0.05) is 11.6 Å². The standard InChI is InChI=1S/C23H22ClF3N4O2S/c1-14-8-20-17(9-19(14)21(32)28-6-7-34-23(25,26)27)13-31(29-20)12-15-10-30(11-15)22(33)16-2-4-18(24)5-3-16/h2-5,8-9,13,15H,6-7,10-12H2,1H3,(H,28,32). The summed E-state index contributed by atoms with van der Waals surface area (Å²) in [5.41, 5.74) is -1.87. The van der Waals surface area contributed by atoms with Gasteiger partial charge in [-0.3, -0.25) is 14.3 Å². The van der Waals surface area contributed by atoms with E-state index in [1.54, 1.807) is 52.9 Å². The minimum atomic E-state index is -4.31. The van der Waals surface area contributed by atoms with Crippen LogP contribution in [0.1, 0.15) is 26.3 Å². The van der Waals surface area contributed by atoms with Crippen LogP contribution in [0, 0.1) is 12.8 Å². The molecule has 0 spiro atoms. The van der Waals surface area contributed by atoms with Crippen molar-refractivity contribution in [2.24, 2.45) is 5.92 Å². The van der Waals surface area contributed by atoms with Gasteiger partial charge in [0.2, 0.25) is 0 Å². The van der Waals surface area contributed by atoms with Crippen LogP contribution in [0.15, 0.2) is 42.6 Å². The molecule has 0 atom stereocenters. The molecule has 1 fully saturated rings. The van der Waals surface area contributed by atoms with E-state index in [0.717, 1.165) is 10.9 Å². The molecule has 3 aromatic rings. The fourth-order valence-corrected chi connectivity index (χ4v) is 4.44. The second-order valence-electron chi connectivity index (χ2n) is 8.21. The Morgan fingerprint density at radius 3 is 2.59 bits per heavy atom. The number of amides is 2. The Kier molecular flexibility index (Phi) is 7.09. The molecule has 1 aromatic heterocycles. The van der Waals surface area contributed by atoms with E-state index in [1.807, 2.05) is 6.20 Å². The van der Waals surface area contributed by atoms with Crippen molar-refractivity contribution in [3.05, 3.63) is 64.3 Å². The Morgan fingerprint density at radius 2 is 1.91 bits per heavy atom. The number of nitrogens with zero attached hydrogens (tertiary/aromatic N) is 3. The van der Waals surface area contributed by atoms with Crippen molar-refractivity contribution >= 4 is 46.1 Å². The second kappa shape index (κ2) is 9.87. The first-order valence-electron chi connectivity index (χ1n) is 10.6. The van der Waals surface area contributed by atoms with Gasteiger partial charge in [0.1, 0.15) is 0 Å². The van der Waals surface area contributed by atoms with Gasteiger partial charge in [-0.15, -0.1) is 0 Å². The molecule has 2 amide bonds. The van der Waals surface area contributed by atoms with Gasteiger partial charge in [-0.2, -0.15) is 18.3 Å². The van der Waals surface area contributed by atoms with E-state index in [0.29, 0.717) is 41.3 Å². The fourth-order valence-electron chi connectivity index (χ4n) is 3.88. The molecule has 34 heavy (non-hydrogen) atoms. The molecule has 0 bridgehead atoms. The largest absolute Gasteiger partial charge is 0.441 e. The van der Waals surface area contributed by atoms with Crippen LogP contribution in [-0.4, -0.2) is 57.4 Å². The van der Waals surface area contributed by atoms with Crippen LogP contribution < -0.4 is 5.32 Å². The van der Waals surface area contributed by atoms with E-state index >= 15 is 0 Å². The third-order valence-electron chi connectivity index (χ3n) is 5.58. The highest BCUT2D eigenvalue weighted by Crippen LogP contribution is 2.29. The topological polar surface area (TPSA) is 67.2 Å². The lowest BCUT2D eigenvalue weighted by Gasteiger charge is -2.39. The van der Waals surface area contributed by atoms with Crippen molar-refractivity contribution < 1.29 is 22.8 Å². The molecule has 1 N–H and O–H groups in total. The number of hydrogen-bond donors (Lipinski definition) is 1. The molecule has 6 nitrogen and oxygen atoms in total. The minimum Gasteiger partial charge on any atom is -0.351 e. The Hall–Kier alpha value is -2.72. The zero-order valence-electron chi connectivity index (χ0n) is 18.2. The molecule has 1 aliphatic heterocycles. The van der Waals surface area contributed by atoms with Crippen LogP contribution in [-0.2, 0) is 6.54 Å². The highest BCUT2D eigenvalue weighted by Gasteiger charge is 2.31. The van der Waals surface area contributed by atoms with Crippen molar-refractivity contribution in [2.45, 2.75) is 19.0 Å². The maximum absolute atomic E-state index is 12.5. The Bertz CT molecular complexity index is 1210. The average molecular weight is 511 g/mol. The van der Waals surface area contributed by atoms with Crippen molar-refractivity contribution in [1.82, 2.24) is 20.0 Å². The molecule has 1 saturated heterocycles. The van der Waals surface area contributed by atoms with Gasteiger partial charge in [0, 0.05) is 65.6 Å². The Balaban J connectivity index is 1.34. The van der Waals surface area contributed by atoms with Crippen LogP contribution in [0.4, 0.5) is 13.2 Å². The summed E-state index contributed by atoms with van der Waals surface area (Å²) in [7, 11) is 0. The summed E-state index contributed by atoms with van der Waals surface area (Å²) in [5, 5.41) is 8.46. The summed E-state index contributed by atoms with van der Waals surface area (Å²) in [5.74, 6) is -0.419. The highest BCUT2D eigenvalue weighted by molar-refractivity contribution is 8.00. The van der Waals surface area contributed by atoms with Gasteiger partial charge in [0.15, 0.2) is 0 Å². The fraction of sp³-hybridized carbons (Fsp3) is 0.348. The Morgan fingerprint density at radius 1 is 1.21 bits per heavy atom. The SMILES string of the molecule is Cc1cc2nn(CC3CN(C(=O)c4ccc(Cl)cc4)C3)cc2cc1C(=O)NCCSC(F)(F)F. The molecule has 0 saturated carbocycles. The number of fused-ring (bicyclic) bond motifs is 1. The predicted molar refractivity (Wildman–Crippen MR) is 126 cm³/mol. The number of aryl methyl sites for hydroxylation is 1. The van der Waals surface area contributed by atoms with Crippen LogP contribution >= 0.6 is 23.4 Å². The monoisotopic (exact) mass is 510 g/mol. The lowest BCUT2D eigenvalue weighted by molar-refractivity contribution is -0.0327. The Labute approximate surface area is 203 Å². The van der Waals surface area contributed by atoms with Gasteiger partial charge >= 0.3 is 5.51 Å². The number of aromatic nitrogens is 2. The maximum atomic E-state index is 12.5. The van der Waals surface area contributed by atoms with E-state index in [4.69, 9.17) is 11.6 Å². The molecule has 0 aliphatic carbocycles. The molecular weight excluding hydrogens is 489 g/mol. The average Bonchev–Trinajstić information content (AvgIpc) is 3.13. The van der Waals surface area contributed by atoms with E-state index in [-0.39, 0.29) is 35.9 Å². The third kappa shape index (κ3) is 5.85. The van der Waals surface area contributed by atoms with Gasteiger partial charge in [-0.05, 0) is 60.6 Å². The van der Waals surface area contributed by atoms with Gasteiger partial charge in [-0.25, -0.2) is 0 Å². The first-order chi connectivity index (χ1) is 16.1. The number of rotatable bonds is 7. The smallest absolute Gasteiger partial charge is 0.351 e. The summed E-state index contributed by atoms with van der Waals surface area (Å²) >= 11 is 5.71.